The SMILES string of the molecule is COCCC(C)CCC(O)C(C)(C)O. The maximum atomic E-state index is 9.58. The summed E-state index contributed by atoms with van der Waals surface area (Å²) in [5, 5.41) is 19.1. The maximum absolute atomic E-state index is 9.58. The van der Waals surface area contributed by atoms with Crippen molar-refractivity contribution >= 4 is 0 Å². The lowest BCUT2D eigenvalue weighted by Gasteiger charge is -2.25. The minimum atomic E-state index is -0.985. The summed E-state index contributed by atoms with van der Waals surface area (Å²) < 4.78 is 4.97. The average molecular weight is 204 g/mol. The summed E-state index contributed by atoms with van der Waals surface area (Å²) in [4.78, 5) is 0. The van der Waals surface area contributed by atoms with Gasteiger partial charge in [-0.3, -0.25) is 0 Å². The number of aliphatic hydroxyl groups excluding tert-OH is 1. The van der Waals surface area contributed by atoms with E-state index < -0.39 is 11.7 Å². The highest BCUT2D eigenvalue weighted by molar-refractivity contribution is 4.76. The van der Waals surface area contributed by atoms with Gasteiger partial charge in [-0.15, -0.1) is 0 Å². The van der Waals surface area contributed by atoms with Gasteiger partial charge < -0.3 is 14.9 Å². The first kappa shape index (κ1) is 13.9. The molecule has 0 saturated heterocycles. The van der Waals surface area contributed by atoms with E-state index in [2.05, 4.69) is 6.92 Å². The number of ether oxygens (including phenoxy) is 1. The molecule has 0 amide bonds. The molecule has 0 saturated carbocycles. The van der Waals surface area contributed by atoms with Crippen molar-refractivity contribution < 1.29 is 14.9 Å². The number of aliphatic hydroxyl groups is 2. The molecule has 0 aromatic heterocycles. The number of rotatable bonds is 7. The molecule has 0 radical (unpaired) electrons. The van der Waals surface area contributed by atoms with Crippen molar-refractivity contribution in [3.8, 4) is 0 Å². The van der Waals surface area contributed by atoms with Crippen LogP contribution in [0.4, 0.5) is 0 Å². The molecule has 0 aliphatic rings. The van der Waals surface area contributed by atoms with Crippen LogP contribution in [0.2, 0.25) is 0 Å². The quantitative estimate of drug-likeness (QED) is 0.662. The molecule has 2 unspecified atom stereocenters. The molecule has 0 heterocycles. The van der Waals surface area contributed by atoms with E-state index in [4.69, 9.17) is 4.74 Å². The molecule has 0 bridgehead atoms. The van der Waals surface area contributed by atoms with E-state index in [9.17, 15) is 10.2 Å². The van der Waals surface area contributed by atoms with Crippen molar-refractivity contribution in [2.45, 2.75) is 51.7 Å². The first-order chi connectivity index (χ1) is 6.38. The minimum absolute atomic E-state index is 0.534. The Kier molecular flexibility index (Phi) is 6.33. The Morgan fingerprint density at radius 3 is 2.21 bits per heavy atom. The first-order valence-electron chi connectivity index (χ1n) is 5.27. The van der Waals surface area contributed by atoms with Gasteiger partial charge in [0.1, 0.15) is 0 Å². The average Bonchev–Trinajstić information content (AvgIpc) is 2.09. The molecule has 14 heavy (non-hydrogen) atoms. The lowest BCUT2D eigenvalue weighted by atomic mass is 9.93. The van der Waals surface area contributed by atoms with Gasteiger partial charge in [0.15, 0.2) is 0 Å². The van der Waals surface area contributed by atoms with Gasteiger partial charge in [-0.25, -0.2) is 0 Å². The summed E-state index contributed by atoms with van der Waals surface area (Å²) in [5.74, 6) is 0.534. The zero-order valence-electron chi connectivity index (χ0n) is 9.79. The van der Waals surface area contributed by atoms with E-state index in [1.165, 1.54) is 0 Å². The molecular formula is C11H24O3. The van der Waals surface area contributed by atoms with Crippen molar-refractivity contribution in [2.75, 3.05) is 13.7 Å². The van der Waals surface area contributed by atoms with E-state index >= 15 is 0 Å². The molecule has 0 aromatic carbocycles. The predicted octanol–water partition coefficient (Wildman–Crippen LogP) is 1.57. The lowest BCUT2D eigenvalue weighted by molar-refractivity contribution is -0.0536. The minimum Gasteiger partial charge on any atom is -0.390 e. The van der Waals surface area contributed by atoms with Crippen LogP contribution >= 0.6 is 0 Å². The third-order valence-electron chi connectivity index (χ3n) is 2.56. The normalized spacial score (nSPS) is 16.7. The van der Waals surface area contributed by atoms with Crippen molar-refractivity contribution in [2.24, 2.45) is 5.92 Å². The Hall–Kier alpha value is -0.120. The molecular weight excluding hydrogens is 180 g/mol. The van der Waals surface area contributed by atoms with Gasteiger partial charge in [0.25, 0.3) is 0 Å². The Bertz CT molecular complexity index is 140. The van der Waals surface area contributed by atoms with Gasteiger partial charge in [0, 0.05) is 13.7 Å². The summed E-state index contributed by atoms with van der Waals surface area (Å²) in [6.45, 7) is 6.17. The zero-order valence-corrected chi connectivity index (χ0v) is 9.79. The molecule has 0 aliphatic carbocycles. The molecule has 2 atom stereocenters. The van der Waals surface area contributed by atoms with Crippen LogP contribution in [-0.2, 0) is 4.74 Å². The third-order valence-corrected chi connectivity index (χ3v) is 2.56. The van der Waals surface area contributed by atoms with Crippen molar-refractivity contribution in [3.05, 3.63) is 0 Å². The van der Waals surface area contributed by atoms with E-state index in [1.54, 1.807) is 21.0 Å². The fourth-order valence-electron chi connectivity index (χ4n) is 1.26. The van der Waals surface area contributed by atoms with Gasteiger partial charge in [0.05, 0.1) is 11.7 Å². The molecule has 3 nitrogen and oxygen atoms in total. The number of methoxy groups -OCH3 is 1. The van der Waals surface area contributed by atoms with E-state index in [1.807, 2.05) is 0 Å². The number of hydrogen-bond donors (Lipinski definition) is 2. The second kappa shape index (κ2) is 6.38. The lowest BCUT2D eigenvalue weighted by Crippen LogP contribution is -2.35. The highest BCUT2D eigenvalue weighted by Gasteiger charge is 2.24. The summed E-state index contributed by atoms with van der Waals surface area (Å²) >= 11 is 0. The van der Waals surface area contributed by atoms with Crippen LogP contribution in [0.3, 0.4) is 0 Å². The monoisotopic (exact) mass is 204 g/mol. The standard InChI is InChI=1S/C11H24O3/c1-9(7-8-14-4)5-6-10(12)11(2,3)13/h9-10,12-13H,5-8H2,1-4H3. The van der Waals surface area contributed by atoms with Gasteiger partial charge in [-0.2, -0.15) is 0 Å². The predicted molar refractivity (Wildman–Crippen MR) is 57.2 cm³/mol. The summed E-state index contributed by atoms with van der Waals surface area (Å²) in [6, 6.07) is 0. The number of hydrogen-bond acceptors (Lipinski definition) is 3. The van der Waals surface area contributed by atoms with Crippen LogP contribution in [0.5, 0.6) is 0 Å². The summed E-state index contributed by atoms with van der Waals surface area (Å²) in [5.41, 5.74) is -0.985. The zero-order chi connectivity index (χ0) is 11.2. The van der Waals surface area contributed by atoms with Gasteiger partial charge in [-0.1, -0.05) is 6.92 Å². The van der Waals surface area contributed by atoms with Crippen LogP contribution in [0.15, 0.2) is 0 Å². The molecule has 2 N–H and O–H groups in total. The molecule has 0 rings (SSSR count). The Morgan fingerprint density at radius 2 is 1.79 bits per heavy atom. The van der Waals surface area contributed by atoms with Crippen molar-refractivity contribution in [1.29, 1.82) is 0 Å². The van der Waals surface area contributed by atoms with Crippen LogP contribution in [0.25, 0.3) is 0 Å². The Balaban J connectivity index is 3.61. The molecule has 3 heteroatoms. The van der Waals surface area contributed by atoms with Crippen LogP contribution in [0, 0.1) is 5.92 Å². The topological polar surface area (TPSA) is 49.7 Å². The Labute approximate surface area is 87.1 Å². The second-order valence-corrected chi connectivity index (χ2v) is 4.63. The highest BCUT2D eigenvalue weighted by Crippen LogP contribution is 2.18. The molecule has 0 spiro atoms. The smallest absolute Gasteiger partial charge is 0.0849 e. The van der Waals surface area contributed by atoms with E-state index in [-0.39, 0.29) is 0 Å². The van der Waals surface area contributed by atoms with Gasteiger partial charge in [-0.05, 0) is 39.0 Å². The Morgan fingerprint density at radius 1 is 1.21 bits per heavy atom. The summed E-state index contributed by atoms with van der Waals surface area (Å²) in [6.07, 6.45) is 1.95. The van der Waals surface area contributed by atoms with E-state index in [0.717, 1.165) is 19.4 Å². The van der Waals surface area contributed by atoms with Crippen LogP contribution < -0.4 is 0 Å². The molecule has 0 aromatic rings. The van der Waals surface area contributed by atoms with Crippen molar-refractivity contribution in [1.82, 2.24) is 0 Å². The van der Waals surface area contributed by atoms with Gasteiger partial charge >= 0.3 is 0 Å². The summed E-state index contributed by atoms with van der Waals surface area (Å²) in [7, 11) is 1.69. The fourth-order valence-corrected chi connectivity index (χ4v) is 1.26. The van der Waals surface area contributed by atoms with E-state index in [0.29, 0.717) is 12.3 Å². The van der Waals surface area contributed by atoms with Crippen LogP contribution in [0.1, 0.15) is 40.0 Å². The van der Waals surface area contributed by atoms with Crippen LogP contribution in [-0.4, -0.2) is 35.6 Å². The highest BCUT2D eigenvalue weighted by atomic mass is 16.5. The molecule has 0 aliphatic heterocycles. The third kappa shape index (κ3) is 6.35. The molecule has 0 fully saturated rings. The second-order valence-electron chi connectivity index (χ2n) is 4.63. The largest absolute Gasteiger partial charge is 0.390 e. The fraction of sp³-hybridized carbons (Fsp3) is 1.00. The molecule has 86 valence electrons. The van der Waals surface area contributed by atoms with Gasteiger partial charge in [0.2, 0.25) is 0 Å². The maximum Gasteiger partial charge on any atom is 0.0849 e. The first-order valence-corrected chi connectivity index (χ1v) is 5.27. The van der Waals surface area contributed by atoms with Crippen molar-refractivity contribution in [3.63, 3.8) is 0 Å².